The van der Waals surface area contributed by atoms with Crippen molar-refractivity contribution in [2.75, 3.05) is 39.3 Å². The van der Waals surface area contributed by atoms with Gasteiger partial charge in [-0.1, -0.05) is 18.2 Å². The van der Waals surface area contributed by atoms with Crippen molar-refractivity contribution >= 4 is 22.4 Å². The van der Waals surface area contributed by atoms with Crippen molar-refractivity contribution in [3.63, 3.8) is 0 Å². The summed E-state index contributed by atoms with van der Waals surface area (Å²) in [6.45, 7) is 1.60. The number of rotatable bonds is 5. The molecule has 0 fully saturated rings. The van der Waals surface area contributed by atoms with Crippen LogP contribution in [0.25, 0.3) is 16.6 Å². The molecule has 0 saturated carbocycles. The van der Waals surface area contributed by atoms with E-state index in [1.807, 2.05) is 42.6 Å². The van der Waals surface area contributed by atoms with Gasteiger partial charge in [-0.15, -0.1) is 0 Å². The molecule has 0 unspecified atom stereocenters. The molecule has 6 nitrogen and oxygen atoms in total. The monoisotopic (exact) mass is 377 g/mol. The molecule has 6 heteroatoms. The van der Waals surface area contributed by atoms with E-state index in [4.69, 9.17) is 19.2 Å². The first-order valence-electron chi connectivity index (χ1n) is 9.19. The summed E-state index contributed by atoms with van der Waals surface area (Å²) in [5.41, 5.74) is 4.00. The largest absolute Gasteiger partial charge is 0.496 e. The molecular formula is C22H23N3O3. The standard InChI is InChI=1S/C22H23N3O3/c1-26-16-12-19(27-2)22(20(13-16)28-3)15-8-10-25(11-9-15)21-14-23-17-6-4-5-7-18(17)24-21/h4-8,12-14H,9-11H2,1-3H3. The van der Waals surface area contributed by atoms with Crippen LogP contribution in [0.4, 0.5) is 5.82 Å². The third-order valence-corrected chi connectivity index (χ3v) is 5.01. The van der Waals surface area contributed by atoms with Crippen molar-refractivity contribution in [2.24, 2.45) is 0 Å². The number of fused-ring (bicyclic) bond motifs is 1. The highest BCUT2D eigenvalue weighted by atomic mass is 16.5. The van der Waals surface area contributed by atoms with E-state index in [-0.39, 0.29) is 0 Å². The van der Waals surface area contributed by atoms with Crippen LogP contribution in [-0.2, 0) is 0 Å². The number of para-hydroxylation sites is 2. The molecular weight excluding hydrogens is 354 g/mol. The Morgan fingerprint density at radius 2 is 1.64 bits per heavy atom. The lowest BCUT2D eigenvalue weighted by Crippen LogP contribution is -2.29. The number of aromatic nitrogens is 2. The zero-order valence-corrected chi connectivity index (χ0v) is 16.3. The Morgan fingerprint density at radius 3 is 2.25 bits per heavy atom. The average molecular weight is 377 g/mol. The summed E-state index contributed by atoms with van der Waals surface area (Å²) in [5.74, 6) is 3.10. The van der Waals surface area contributed by atoms with Gasteiger partial charge in [0.15, 0.2) is 0 Å². The van der Waals surface area contributed by atoms with Gasteiger partial charge in [-0.25, -0.2) is 4.98 Å². The SMILES string of the molecule is COc1cc(OC)c(C2=CCN(c3cnc4ccccc4n3)CC2)c(OC)c1. The van der Waals surface area contributed by atoms with E-state index >= 15 is 0 Å². The fourth-order valence-corrected chi connectivity index (χ4v) is 3.53. The van der Waals surface area contributed by atoms with Crippen molar-refractivity contribution in [2.45, 2.75) is 6.42 Å². The maximum atomic E-state index is 5.61. The molecule has 0 radical (unpaired) electrons. The molecule has 144 valence electrons. The Balaban J connectivity index is 1.63. The number of hydrogen-bond acceptors (Lipinski definition) is 6. The molecule has 3 aromatic rings. The van der Waals surface area contributed by atoms with Crippen LogP contribution in [0, 0.1) is 0 Å². The second-order valence-electron chi connectivity index (χ2n) is 6.55. The second kappa shape index (κ2) is 7.76. The summed E-state index contributed by atoms with van der Waals surface area (Å²) in [6.07, 6.45) is 4.90. The molecule has 0 bridgehead atoms. The van der Waals surface area contributed by atoms with E-state index in [1.165, 1.54) is 5.57 Å². The van der Waals surface area contributed by atoms with Gasteiger partial charge in [0.2, 0.25) is 0 Å². The van der Waals surface area contributed by atoms with Crippen LogP contribution < -0.4 is 19.1 Å². The molecule has 0 spiro atoms. The quantitative estimate of drug-likeness (QED) is 0.671. The Bertz CT molecular complexity index is 1010. The molecule has 0 amide bonds. The molecule has 1 aliphatic rings. The number of methoxy groups -OCH3 is 3. The molecule has 1 aliphatic heterocycles. The van der Waals surface area contributed by atoms with Crippen molar-refractivity contribution in [3.05, 3.63) is 54.2 Å². The van der Waals surface area contributed by atoms with Gasteiger partial charge in [0.05, 0.1) is 44.1 Å². The lowest BCUT2D eigenvalue weighted by Gasteiger charge is -2.28. The van der Waals surface area contributed by atoms with Crippen molar-refractivity contribution in [3.8, 4) is 17.2 Å². The third-order valence-electron chi connectivity index (χ3n) is 5.01. The Kier molecular flexibility index (Phi) is 5.02. The van der Waals surface area contributed by atoms with Crippen LogP contribution in [0.3, 0.4) is 0 Å². The van der Waals surface area contributed by atoms with Crippen LogP contribution in [-0.4, -0.2) is 44.4 Å². The minimum atomic E-state index is 0.710. The van der Waals surface area contributed by atoms with Crippen LogP contribution in [0.15, 0.2) is 48.7 Å². The topological polar surface area (TPSA) is 56.7 Å². The molecule has 2 heterocycles. The Hall–Kier alpha value is -3.28. The van der Waals surface area contributed by atoms with Crippen molar-refractivity contribution in [1.29, 1.82) is 0 Å². The zero-order valence-electron chi connectivity index (χ0n) is 16.3. The molecule has 28 heavy (non-hydrogen) atoms. The number of hydrogen-bond donors (Lipinski definition) is 0. The van der Waals surface area contributed by atoms with Gasteiger partial charge in [0, 0.05) is 25.2 Å². The Labute approximate surface area is 164 Å². The van der Waals surface area contributed by atoms with E-state index in [2.05, 4.69) is 16.0 Å². The lowest BCUT2D eigenvalue weighted by molar-refractivity contribution is 0.373. The second-order valence-corrected chi connectivity index (χ2v) is 6.55. The highest BCUT2D eigenvalue weighted by molar-refractivity contribution is 5.79. The van der Waals surface area contributed by atoms with Crippen LogP contribution in [0.5, 0.6) is 17.2 Å². The first kappa shape index (κ1) is 18.1. The number of nitrogens with zero attached hydrogens (tertiary/aromatic N) is 3. The van der Waals surface area contributed by atoms with E-state index in [0.29, 0.717) is 5.75 Å². The fraction of sp³-hybridized carbons (Fsp3) is 0.273. The minimum Gasteiger partial charge on any atom is -0.496 e. The van der Waals surface area contributed by atoms with Crippen molar-refractivity contribution in [1.82, 2.24) is 9.97 Å². The van der Waals surface area contributed by atoms with Gasteiger partial charge in [0.25, 0.3) is 0 Å². The van der Waals surface area contributed by atoms with E-state index < -0.39 is 0 Å². The van der Waals surface area contributed by atoms with Crippen molar-refractivity contribution < 1.29 is 14.2 Å². The van der Waals surface area contributed by atoms with Gasteiger partial charge >= 0.3 is 0 Å². The summed E-state index contributed by atoms with van der Waals surface area (Å²) < 4.78 is 16.6. The normalized spacial score (nSPS) is 14.0. The van der Waals surface area contributed by atoms with E-state index in [9.17, 15) is 0 Å². The maximum Gasteiger partial charge on any atom is 0.148 e. The molecule has 4 rings (SSSR count). The van der Waals surface area contributed by atoms with Crippen LogP contribution in [0.1, 0.15) is 12.0 Å². The summed E-state index contributed by atoms with van der Waals surface area (Å²) in [6, 6.07) is 11.7. The predicted molar refractivity (Wildman–Crippen MR) is 110 cm³/mol. The molecule has 0 aliphatic carbocycles. The predicted octanol–water partition coefficient (Wildman–Crippen LogP) is 3.95. The average Bonchev–Trinajstić information content (AvgIpc) is 2.77. The summed E-state index contributed by atoms with van der Waals surface area (Å²) >= 11 is 0. The highest BCUT2D eigenvalue weighted by Crippen LogP contribution is 2.41. The third kappa shape index (κ3) is 3.33. The Morgan fingerprint density at radius 1 is 0.929 bits per heavy atom. The fourth-order valence-electron chi connectivity index (χ4n) is 3.53. The molecule has 0 saturated heterocycles. The van der Waals surface area contributed by atoms with Gasteiger partial charge in [0.1, 0.15) is 23.1 Å². The molecule has 0 atom stereocenters. The van der Waals surface area contributed by atoms with E-state index in [0.717, 1.165) is 53.4 Å². The van der Waals surface area contributed by atoms with Gasteiger partial charge in [-0.3, -0.25) is 4.98 Å². The first-order valence-corrected chi connectivity index (χ1v) is 9.19. The summed E-state index contributed by atoms with van der Waals surface area (Å²) in [7, 11) is 4.96. The summed E-state index contributed by atoms with van der Waals surface area (Å²) in [5, 5.41) is 0. The maximum absolute atomic E-state index is 5.61. The van der Waals surface area contributed by atoms with E-state index in [1.54, 1.807) is 21.3 Å². The molecule has 1 aromatic heterocycles. The molecule has 0 N–H and O–H groups in total. The number of ether oxygens (including phenoxy) is 3. The van der Waals surface area contributed by atoms with Gasteiger partial charge in [-0.05, 0) is 24.1 Å². The van der Waals surface area contributed by atoms with Crippen LogP contribution in [0.2, 0.25) is 0 Å². The van der Waals surface area contributed by atoms with Gasteiger partial charge in [-0.2, -0.15) is 0 Å². The number of benzene rings is 2. The number of anilines is 1. The first-order chi connectivity index (χ1) is 13.7. The lowest BCUT2D eigenvalue weighted by atomic mass is 9.97. The highest BCUT2D eigenvalue weighted by Gasteiger charge is 2.21. The van der Waals surface area contributed by atoms with Gasteiger partial charge < -0.3 is 19.1 Å². The zero-order chi connectivity index (χ0) is 19.5. The smallest absolute Gasteiger partial charge is 0.148 e. The minimum absolute atomic E-state index is 0.710. The van der Waals surface area contributed by atoms with Crippen LogP contribution >= 0.6 is 0 Å². The molecule has 2 aromatic carbocycles. The summed E-state index contributed by atoms with van der Waals surface area (Å²) in [4.78, 5) is 11.5.